The first-order valence-electron chi connectivity index (χ1n) is 6.04. The highest BCUT2D eigenvalue weighted by Gasteiger charge is 2.11. The molecule has 0 aromatic heterocycles. The number of nitriles is 1. The predicted molar refractivity (Wildman–Crippen MR) is 65.3 cm³/mol. The lowest BCUT2D eigenvalue weighted by Gasteiger charge is -2.15. The second-order valence-corrected chi connectivity index (χ2v) is 4.10. The molecule has 0 radical (unpaired) electrons. The number of nitrogens with zero attached hydrogens (tertiary/aromatic N) is 1. The standard InChI is InChI=1S/C14H18FNO/c1-3-6-11(4-2)10-17-13-8-5-7-12(9-16)14(13)15/h5,7-8,11H,3-4,6,10H2,1-2H3. The molecule has 3 heteroatoms. The van der Waals surface area contributed by atoms with E-state index in [-0.39, 0.29) is 11.3 Å². The Kier molecular flexibility index (Phi) is 5.48. The summed E-state index contributed by atoms with van der Waals surface area (Å²) >= 11 is 0. The molecular formula is C14H18FNO. The summed E-state index contributed by atoms with van der Waals surface area (Å²) in [4.78, 5) is 0. The maximum Gasteiger partial charge on any atom is 0.182 e. The Balaban J connectivity index is 2.66. The summed E-state index contributed by atoms with van der Waals surface area (Å²) < 4.78 is 19.1. The van der Waals surface area contributed by atoms with Crippen molar-refractivity contribution in [2.45, 2.75) is 33.1 Å². The van der Waals surface area contributed by atoms with Crippen LogP contribution < -0.4 is 4.74 Å². The topological polar surface area (TPSA) is 33.0 Å². The highest BCUT2D eigenvalue weighted by Crippen LogP contribution is 2.21. The van der Waals surface area contributed by atoms with Crippen LogP contribution in [0.1, 0.15) is 38.7 Å². The van der Waals surface area contributed by atoms with Gasteiger partial charge >= 0.3 is 0 Å². The molecule has 0 N–H and O–H groups in total. The minimum absolute atomic E-state index is 0.0334. The van der Waals surface area contributed by atoms with Gasteiger partial charge in [-0.3, -0.25) is 0 Å². The first-order chi connectivity index (χ1) is 8.22. The molecule has 0 bridgehead atoms. The van der Waals surface area contributed by atoms with E-state index in [1.165, 1.54) is 6.07 Å². The summed E-state index contributed by atoms with van der Waals surface area (Å²) in [5.41, 5.74) is 0.0334. The first-order valence-corrected chi connectivity index (χ1v) is 6.04. The van der Waals surface area contributed by atoms with Gasteiger partial charge < -0.3 is 4.74 Å². The molecule has 1 rings (SSSR count). The lowest BCUT2D eigenvalue weighted by Crippen LogP contribution is -2.11. The third kappa shape index (κ3) is 3.74. The fourth-order valence-corrected chi connectivity index (χ4v) is 1.73. The van der Waals surface area contributed by atoms with Crippen molar-refractivity contribution in [2.75, 3.05) is 6.61 Å². The molecule has 1 atom stereocenters. The molecule has 2 nitrogen and oxygen atoms in total. The van der Waals surface area contributed by atoms with Gasteiger partial charge in [0.05, 0.1) is 12.2 Å². The molecule has 0 aliphatic rings. The van der Waals surface area contributed by atoms with E-state index in [1.807, 2.05) is 6.07 Å². The number of ether oxygens (including phenoxy) is 1. The summed E-state index contributed by atoms with van der Waals surface area (Å²) in [7, 11) is 0. The van der Waals surface area contributed by atoms with E-state index in [0.717, 1.165) is 19.3 Å². The summed E-state index contributed by atoms with van der Waals surface area (Å²) in [6, 6.07) is 6.46. The molecule has 0 spiro atoms. The maximum absolute atomic E-state index is 13.7. The van der Waals surface area contributed by atoms with Crippen LogP contribution in [0.3, 0.4) is 0 Å². The SMILES string of the molecule is CCCC(CC)COc1cccc(C#N)c1F. The molecular weight excluding hydrogens is 217 g/mol. The van der Waals surface area contributed by atoms with Gasteiger partial charge in [0, 0.05) is 0 Å². The minimum Gasteiger partial charge on any atom is -0.490 e. The second-order valence-electron chi connectivity index (χ2n) is 4.10. The number of rotatable bonds is 6. The van der Waals surface area contributed by atoms with Gasteiger partial charge in [0.2, 0.25) is 0 Å². The minimum atomic E-state index is -0.554. The van der Waals surface area contributed by atoms with Gasteiger partial charge in [-0.05, 0) is 24.5 Å². The zero-order valence-corrected chi connectivity index (χ0v) is 10.4. The van der Waals surface area contributed by atoms with E-state index in [4.69, 9.17) is 10.00 Å². The van der Waals surface area contributed by atoms with Gasteiger partial charge in [-0.2, -0.15) is 5.26 Å². The Hall–Kier alpha value is -1.56. The molecule has 92 valence electrons. The lowest BCUT2D eigenvalue weighted by molar-refractivity contribution is 0.226. The number of hydrogen-bond donors (Lipinski definition) is 0. The van der Waals surface area contributed by atoms with Crippen LogP contribution in [0.5, 0.6) is 5.75 Å². The van der Waals surface area contributed by atoms with Crippen LogP contribution in [-0.4, -0.2) is 6.61 Å². The van der Waals surface area contributed by atoms with Crippen molar-refractivity contribution in [1.29, 1.82) is 5.26 Å². The van der Waals surface area contributed by atoms with Crippen molar-refractivity contribution in [3.05, 3.63) is 29.6 Å². The van der Waals surface area contributed by atoms with Crippen LogP contribution in [0.15, 0.2) is 18.2 Å². The van der Waals surface area contributed by atoms with E-state index in [2.05, 4.69) is 13.8 Å². The van der Waals surface area contributed by atoms with Crippen molar-refractivity contribution in [3.8, 4) is 11.8 Å². The van der Waals surface area contributed by atoms with E-state index in [1.54, 1.807) is 12.1 Å². The van der Waals surface area contributed by atoms with Crippen molar-refractivity contribution < 1.29 is 9.13 Å². The third-order valence-electron chi connectivity index (χ3n) is 2.83. The molecule has 0 aliphatic heterocycles. The largest absolute Gasteiger partial charge is 0.490 e. The molecule has 0 saturated heterocycles. The molecule has 1 aromatic rings. The highest BCUT2D eigenvalue weighted by molar-refractivity contribution is 5.38. The molecule has 17 heavy (non-hydrogen) atoms. The van der Waals surface area contributed by atoms with Gasteiger partial charge in [0.1, 0.15) is 6.07 Å². The Labute approximate surface area is 102 Å². The monoisotopic (exact) mass is 235 g/mol. The third-order valence-corrected chi connectivity index (χ3v) is 2.83. The van der Waals surface area contributed by atoms with Gasteiger partial charge in [0.15, 0.2) is 11.6 Å². The van der Waals surface area contributed by atoms with E-state index in [0.29, 0.717) is 12.5 Å². The molecule has 0 heterocycles. The predicted octanol–water partition coefficient (Wildman–Crippen LogP) is 3.90. The fraction of sp³-hybridized carbons (Fsp3) is 0.500. The number of hydrogen-bond acceptors (Lipinski definition) is 2. The van der Waals surface area contributed by atoms with Gasteiger partial charge in [0.25, 0.3) is 0 Å². The zero-order valence-electron chi connectivity index (χ0n) is 10.4. The van der Waals surface area contributed by atoms with Crippen molar-refractivity contribution in [3.63, 3.8) is 0 Å². The number of halogens is 1. The smallest absolute Gasteiger partial charge is 0.182 e. The van der Waals surface area contributed by atoms with Crippen LogP contribution in [0, 0.1) is 23.1 Å². The second kappa shape index (κ2) is 6.90. The van der Waals surface area contributed by atoms with Crippen LogP contribution in [0.25, 0.3) is 0 Å². The van der Waals surface area contributed by atoms with E-state index >= 15 is 0 Å². The first kappa shape index (κ1) is 13.5. The lowest BCUT2D eigenvalue weighted by atomic mass is 10.0. The van der Waals surface area contributed by atoms with E-state index in [9.17, 15) is 4.39 Å². The Morgan fingerprint density at radius 3 is 2.76 bits per heavy atom. The van der Waals surface area contributed by atoms with Crippen LogP contribution in [0.2, 0.25) is 0 Å². The molecule has 0 fully saturated rings. The summed E-state index contributed by atoms with van der Waals surface area (Å²) in [5, 5.41) is 8.71. The fourth-order valence-electron chi connectivity index (χ4n) is 1.73. The Morgan fingerprint density at radius 2 is 2.18 bits per heavy atom. The molecule has 1 unspecified atom stereocenters. The molecule has 0 amide bonds. The van der Waals surface area contributed by atoms with Gasteiger partial charge in [-0.15, -0.1) is 0 Å². The highest BCUT2D eigenvalue weighted by atomic mass is 19.1. The van der Waals surface area contributed by atoms with Gasteiger partial charge in [-0.1, -0.05) is 32.8 Å². The maximum atomic E-state index is 13.7. The van der Waals surface area contributed by atoms with Crippen LogP contribution >= 0.6 is 0 Å². The van der Waals surface area contributed by atoms with Gasteiger partial charge in [-0.25, -0.2) is 4.39 Å². The molecule has 1 aromatic carbocycles. The van der Waals surface area contributed by atoms with Crippen LogP contribution in [0.4, 0.5) is 4.39 Å². The quantitative estimate of drug-likeness (QED) is 0.749. The Bertz CT molecular complexity index is 398. The summed E-state index contributed by atoms with van der Waals surface area (Å²) in [5.74, 6) is 0.0742. The normalized spacial score (nSPS) is 11.9. The van der Waals surface area contributed by atoms with Crippen molar-refractivity contribution in [2.24, 2.45) is 5.92 Å². The molecule has 0 saturated carbocycles. The summed E-state index contributed by atoms with van der Waals surface area (Å²) in [6.45, 7) is 4.74. The summed E-state index contributed by atoms with van der Waals surface area (Å²) in [6.07, 6.45) is 3.20. The average Bonchev–Trinajstić information content (AvgIpc) is 2.36. The van der Waals surface area contributed by atoms with Crippen LogP contribution in [-0.2, 0) is 0 Å². The zero-order chi connectivity index (χ0) is 12.7. The Morgan fingerprint density at radius 1 is 1.41 bits per heavy atom. The molecule has 0 aliphatic carbocycles. The van der Waals surface area contributed by atoms with Crippen molar-refractivity contribution >= 4 is 0 Å². The van der Waals surface area contributed by atoms with E-state index < -0.39 is 5.82 Å². The number of benzene rings is 1. The average molecular weight is 235 g/mol. The van der Waals surface area contributed by atoms with Crippen molar-refractivity contribution in [1.82, 2.24) is 0 Å².